The zero-order valence-electron chi connectivity index (χ0n) is 16.0. The van der Waals surface area contributed by atoms with Crippen LogP contribution >= 0.6 is 11.6 Å². The summed E-state index contributed by atoms with van der Waals surface area (Å²) in [6.45, 7) is 5.96. The summed E-state index contributed by atoms with van der Waals surface area (Å²) in [6, 6.07) is 13.4. The summed E-state index contributed by atoms with van der Waals surface area (Å²) in [7, 11) is 0. The highest BCUT2D eigenvalue weighted by Gasteiger charge is 2.22. The molecule has 0 saturated carbocycles. The number of halogens is 1. The summed E-state index contributed by atoms with van der Waals surface area (Å²) in [5.41, 5.74) is 4.71. The molecule has 4 rings (SSSR count). The average Bonchev–Trinajstić information content (AvgIpc) is 2.69. The van der Waals surface area contributed by atoms with E-state index in [9.17, 15) is 4.79 Å². The molecule has 2 heterocycles. The van der Waals surface area contributed by atoms with Gasteiger partial charge in [0.05, 0.1) is 5.69 Å². The number of aromatic amines is 1. The summed E-state index contributed by atoms with van der Waals surface area (Å²) >= 11 is 5.96. The van der Waals surface area contributed by atoms with Gasteiger partial charge in [-0.2, -0.15) is 0 Å². The third-order valence-electron chi connectivity index (χ3n) is 5.23. The van der Waals surface area contributed by atoms with Crippen LogP contribution in [0.2, 0.25) is 5.02 Å². The molecular weight excluding hydrogens is 374 g/mol. The zero-order chi connectivity index (χ0) is 19.7. The summed E-state index contributed by atoms with van der Waals surface area (Å²) < 4.78 is 6.03. The molecule has 1 N–H and O–H groups in total. The Balaban J connectivity index is 1.53. The third-order valence-corrected chi connectivity index (χ3v) is 5.48. The van der Waals surface area contributed by atoms with E-state index in [4.69, 9.17) is 21.3 Å². The first-order valence-corrected chi connectivity index (χ1v) is 9.68. The van der Waals surface area contributed by atoms with E-state index in [1.807, 2.05) is 24.3 Å². The number of benzene rings is 2. The van der Waals surface area contributed by atoms with Crippen molar-refractivity contribution in [2.75, 3.05) is 13.3 Å². The molecule has 0 unspecified atom stereocenters. The lowest BCUT2D eigenvalue weighted by Gasteiger charge is -2.27. The van der Waals surface area contributed by atoms with Crippen molar-refractivity contribution in [3.05, 3.63) is 80.2 Å². The lowest BCUT2D eigenvalue weighted by Crippen LogP contribution is -2.37. The number of aromatic nitrogens is 2. The number of nitrogens with one attached hydrogen (secondary N) is 1. The lowest BCUT2D eigenvalue weighted by molar-refractivity contribution is 0.111. The van der Waals surface area contributed by atoms with Crippen molar-refractivity contribution in [1.82, 2.24) is 14.9 Å². The molecule has 1 aromatic heterocycles. The minimum atomic E-state index is -0.0648. The zero-order valence-corrected chi connectivity index (χ0v) is 16.7. The van der Waals surface area contributed by atoms with Crippen LogP contribution in [0, 0.1) is 13.8 Å². The van der Waals surface area contributed by atoms with Crippen LogP contribution in [0.4, 0.5) is 0 Å². The van der Waals surface area contributed by atoms with Gasteiger partial charge >= 0.3 is 0 Å². The molecule has 1 aliphatic heterocycles. The lowest BCUT2D eigenvalue weighted by atomic mass is 10.1. The minimum Gasteiger partial charge on any atom is -0.478 e. The maximum Gasteiger partial charge on any atom is 0.254 e. The first-order chi connectivity index (χ1) is 13.5. The summed E-state index contributed by atoms with van der Waals surface area (Å²) in [4.78, 5) is 22.3. The van der Waals surface area contributed by atoms with E-state index in [0.29, 0.717) is 30.5 Å². The highest BCUT2D eigenvalue weighted by Crippen LogP contribution is 2.23. The molecule has 0 spiro atoms. The van der Waals surface area contributed by atoms with Crippen molar-refractivity contribution >= 4 is 11.6 Å². The quantitative estimate of drug-likeness (QED) is 0.722. The van der Waals surface area contributed by atoms with Gasteiger partial charge in [0.2, 0.25) is 0 Å². The highest BCUT2D eigenvalue weighted by molar-refractivity contribution is 6.30. The van der Waals surface area contributed by atoms with Crippen molar-refractivity contribution in [2.24, 2.45) is 0 Å². The maximum absolute atomic E-state index is 12.5. The Hall–Kier alpha value is -2.63. The predicted molar refractivity (Wildman–Crippen MR) is 111 cm³/mol. The first kappa shape index (κ1) is 18.7. The standard InChI is InChI=1S/C22H22ClN3O2/c1-14-4-3-5-20(15(14)2)28-13-26-11-10-18-19(12-26)24-21(25-22(18)27)16-6-8-17(23)9-7-16/h3-9H,10-13H2,1-2H3,(H,24,25,27). The van der Waals surface area contributed by atoms with Crippen LogP contribution in [0.25, 0.3) is 11.4 Å². The van der Waals surface area contributed by atoms with Gasteiger partial charge in [-0.25, -0.2) is 4.98 Å². The Labute approximate surface area is 169 Å². The molecule has 5 nitrogen and oxygen atoms in total. The number of hydrogen-bond donors (Lipinski definition) is 1. The van der Waals surface area contributed by atoms with E-state index in [0.717, 1.165) is 34.7 Å². The molecule has 144 valence electrons. The Morgan fingerprint density at radius 1 is 1.18 bits per heavy atom. The third kappa shape index (κ3) is 3.81. The van der Waals surface area contributed by atoms with Gasteiger partial charge in [-0.1, -0.05) is 23.7 Å². The Morgan fingerprint density at radius 3 is 2.75 bits per heavy atom. The van der Waals surface area contributed by atoms with Gasteiger partial charge < -0.3 is 9.72 Å². The van der Waals surface area contributed by atoms with Crippen LogP contribution in [0.5, 0.6) is 5.75 Å². The fraction of sp³-hybridized carbons (Fsp3) is 0.273. The Bertz CT molecular complexity index is 1060. The number of fused-ring (bicyclic) bond motifs is 1. The van der Waals surface area contributed by atoms with E-state index in [1.165, 1.54) is 5.56 Å². The second-order valence-corrected chi connectivity index (χ2v) is 7.56. The molecule has 0 bridgehead atoms. The number of aryl methyl sites for hydroxylation is 1. The van der Waals surface area contributed by atoms with Gasteiger partial charge in [-0.05, 0) is 61.7 Å². The molecule has 0 amide bonds. The predicted octanol–water partition coefficient (Wildman–Crippen LogP) is 4.10. The van der Waals surface area contributed by atoms with Gasteiger partial charge in [0, 0.05) is 29.2 Å². The van der Waals surface area contributed by atoms with E-state index < -0.39 is 0 Å². The molecule has 0 atom stereocenters. The SMILES string of the molecule is Cc1cccc(OCN2CCc3c(nc(-c4ccc(Cl)cc4)[nH]c3=O)C2)c1C. The molecule has 0 aliphatic carbocycles. The number of rotatable bonds is 4. The molecule has 0 fully saturated rings. The Kier molecular flexibility index (Phi) is 5.20. The molecular formula is C22H22ClN3O2. The second-order valence-electron chi connectivity index (χ2n) is 7.12. The van der Waals surface area contributed by atoms with Crippen LogP contribution in [-0.4, -0.2) is 28.1 Å². The van der Waals surface area contributed by atoms with Gasteiger partial charge in [-0.3, -0.25) is 9.69 Å². The number of H-pyrrole nitrogens is 1. The van der Waals surface area contributed by atoms with Crippen LogP contribution in [-0.2, 0) is 13.0 Å². The molecule has 2 aromatic carbocycles. The number of nitrogens with zero attached hydrogens (tertiary/aromatic N) is 2. The summed E-state index contributed by atoms with van der Waals surface area (Å²) in [5, 5.41) is 0.652. The van der Waals surface area contributed by atoms with Crippen molar-refractivity contribution in [2.45, 2.75) is 26.8 Å². The molecule has 3 aromatic rings. The summed E-state index contributed by atoms with van der Waals surface area (Å²) in [6.07, 6.45) is 0.661. The van der Waals surface area contributed by atoms with Crippen LogP contribution in [0.1, 0.15) is 22.4 Å². The van der Waals surface area contributed by atoms with Gasteiger partial charge in [0.25, 0.3) is 5.56 Å². The van der Waals surface area contributed by atoms with E-state index in [1.54, 1.807) is 12.1 Å². The molecule has 6 heteroatoms. The van der Waals surface area contributed by atoms with Crippen molar-refractivity contribution in [3.63, 3.8) is 0 Å². The molecule has 0 saturated heterocycles. The fourth-order valence-corrected chi connectivity index (χ4v) is 3.52. The highest BCUT2D eigenvalue weighted by atomic mass is 35.5. The van der Waals surface area contributed by atoms with Crippen molar-refractivity contribution in [1.29, 1.82) is 0 Å². The van der Waals surface area contributed by atoms with Crippen molar-refractivity contribution in [3.8, 4) is 17.1 Å². The maximum atomic E-state index is 12.5. The van der Waals surface area contributed by atoms with Gasteiger partial charge in [-0.15, -0.1) is 0 Å². The molecule has 0 radical (unpaired) electrons. The smallest absolute Gasteiger partial charge is 0.254 e. The first-order valence-electron chi connectivity index (χ1n) is 9.30. The van der Waals surface area contributed by atoms with Gasteiger partial charge in [0.15, 0.2) is 0 Å². The topological polar surface area (TPSA) is 58.2 Å². The normalized spacial score (nSPS) is 14.0. The number of hydrogen-bond acceptors (Lipinski definition) is 4. The largest absolute Gasteiger partial charge is 0.478 e. The minimum absolute atomic E-state index is 0.0648. The van der Waals surface area contributed by atoms with E-state index in [2.05, 4.69) is 29.8 Å². The Morgan fingerprint density at radius 2 is 1.96 bits per heavy atom. The van der Waals surface area contributed by atoms with E-state index >= 15 is 0 Å². The summed E-state index contributed by atoms with van der Waals surface area (Å²) in [5.74, 6) is 1.46. The van der Waals surface area contributed by atoms with Crippen molar-refractivity contribution < 1.29 is 4.74 Å². The molecule has 28 heavy (non-hydrogen) atoms. The van der Waals surface area contributed by atoms with E-state index in [-0.39, 0.29) is 5.56 Å². The van der Waals surface area contributed by atoms with Crippen LogP contribution in [0.15, 0.2) is 47.3 Å². The van der Waals surface area contributed by atoms with Gasteiger partial charge in [0.1, 0.15) is 18.3 Å². The molecule has 1 aliphatic rings. The average molecular weight is 396 g/mol. The van der Waals surface area contributed by atoms with Crippen LogP contribution < -0.4 is 10.3 Å². The fourth-order valence-electron chi connectivity index (χ4n) is 3.39. The monoisotopic (exact) mass is 395 g/mol. The number of ether oxygens (including phenoxy) is 1. The van der Waals surface area contributed by atoms with Crippen LogP contribution in [0.3, 0.4) is 0 Å². The second kappa shape index (κ2) is 7.78.